The second-order valence-corrected chi connectivity index (χ2v) is 4.73. The van der Waals surface area contributed by atoms with Gasteiger partial charge in [-0.2, -0.15) is 0 Å². The van der Waals surface area contributed by atoms with Crippen molar-refractivity contribution in [2.75, 3.05) is 12.4 Å². The maximum Gasteiger partial charge on any atom is 0.258 e. The highest BCUT2D eigenvalue weighted by Crippen LogP contribution is 2.22. The monoisotopic (exact) mass is 320 g/mol. The summed E-state index contributed by atoms with van der Waals surface area (Å²) < 4.78 is 5.66. The minimum Gasteiger partial charge on any atom is -0.497 e. The number of benzene rings is 1. The SMILES string of the molecule is COc1ccc(NC(=O)c2cccnc2Br)c(C)c1. The Kier molecular flexibility index (Phi) is 4.16. The summed E-state index contributed by atoms with van der Waals surface area (Å²) >= 11 is 3.26. The van der Waals surface area contributed by atoms with Crippen LogP contribution in [0.4, 0.5) is 5.69 Å². The van der Waals surface area contributed by atoms with Crippen LogP contribution in [0.3, 0.4) is 0 Å². The number of nitrogens with one attached hydrogen (secondary N) is 1. The van der Waals surface area contributed by atoms with Crippen LogP contribution in [0.5, 0.6) is 5.75 Å². The number of carbonyl (C=O) groups is 1. The number of aryl methyl sites for hydroxylation is 1. The van der Waals surface area contributed by atoms with E-state index in [2.05, 4.69) is 26.2 Å². The lowest BCUT2D eigenvalue weighted by molar-refractivity contribution is 0.102. The predicted molar refractivity (Wildman–Crippen MR) is 77.6 cm³/mol. The standard InChI is InChI=1S/C14H13BrN2O2/c1-9-8-10(19-2)5-6-12(9)17-14(18)11-4-3-7-16-13(11)15/h3-8H,1-2H3,(H,17,18). The summed E-state index contributed by atoms with van der Waals surface area (Å²) in [5, 5.41) is 2.85. The van der Waals surface area contributed by atoms with E-state index < -0.39 is 0 Å². The minimum atomic E-state index is -0.201. The van der Waals surface area contributed by atoms with Crippen LogP contribution >= 0.6 is 15.9 Å². The number of aromatic nitrogens is 1. The quantitative estimate of drug-likeness (QED) is 0.882. The molecule has 0 unspecified atom stereocenters. The molecule has 1 aromatic carbocycles. The summed E-state index contributed by atoms with van der Waals surface area (Å²) in [7, 11) is 1.61. The number of hydrogen-bond donors (Lipinski definition) is 1. The minimum absolute atomic E-state index is 0.201. The molecule has 0 spiro atoms. The molecule has 1 aromatic heterocycles. The Morgan fingerprint density at radius 1 is 1.37 bits per heavy atom. The highest BCUT2D eigenvalue weighted by atomic mass is 79.9. The Morgan fingerprint density at radius 3 is 2.79 bits per heavy atom. The molecule has 0 bridgehead atoms. The molecule has 19 heavy (non-hydrogen) atoms. The van der Waals surface area contributed by atoms with Gasteiger partial charge in [0.1, 0.15) is 10.4 Å². The molecule has 1 heterocycles. The number of pyridine rings is 1. The number of methoxy groups -OCH3 is 1. The maximum absolute atomic E-state index is 12.1. The third-order valence-electron chi connectivity index (χ3n) is 2.69. The Morgan fingerprint density at radius 2 is 2.16 bits per heavy atom. The molecule has 0 atom stereocenters. The van der Waals surface area contributed by atoms with Gasteiger partial charge in [-0.25, -0.2) is 4.98 Å². The molecular weight excluding hydrogens is 308 g/mol. The summed E-state index contributed by atoms with van der Waals surface area (Å²) in [6.07, 6.45) is 1.62. The average molecular weight is 321 g/mol. The van der Waals surface area contributed by atoms with Gasteiger partial charge in [0, 0.05) is 11.9 Å². The summed E-state index contributed by atoms with van der Waals surface area (Å²) in [5.74, 6) is 0.561. The first-order chi connectivity index (χ1) is 9.11. The lowest BCUT2D eigenvalue weighted by Crippen LogP contribution is -2.13. The fraction of sp³-hybridized carbons (Fsp3) is 0.143. The van der Waals surface area contributed by atoms with E-state index in [1.54, 1.807) is 31.5 Å². The first-order valence-corrected chi connectivity index (χ1v) is 6.47. The third kappa shape index (κ3) is 3.12. The van der Waals surface area contributed by atoms with E-state index in [0.717, 1.165) is 17.0 Å². The van der Waals surface area contributed by atoms with Gasteiger partial charge in [0.25, 0.3) is 5.91 Å². The molecule has 1 amide bonds. The zero-order chi connectivity index (χ0) is 13.8. The fourth-order valence-corrected chi connectivity index (χ4v) is 2.08. The molecule has 2 rings (SSSR count). The van der Waals surface area contributed by atoms with Crippen molar-refractivity contribution in [3.8, 4) is 5.75 Å². The molecule has 0 aliphatic heterocycles. The van der Waals surface area contributed by atoms with Crippen LogP contribution < -0.4 is 10.1 Å². The van der Waals surface area contributed by atoms with Gasteiger partial charge in [-0.1, -0.05) is 0 Å². The van der Waals surface area contributed by atoms with Gasteiger partial charge in [0.05, 0.1) is 12.7 Å². The van der Waals surface area contributed by atoms with Crippen molar-refractivity contribution in [1.82, 2.24) is 4.98 Å². The van der Waals surface area contributed by atoms with Gasteiger partial charge < -0.3 is 10.1 Å². The second-order valence-electron chi connectivity index (χ2n) is 3.98. The molecule has 2 aromatic rings. The van der Waals surface area contributed by atoms with Gasteiger partial charge in [-0.05, 0) is 58.7 Å². The summed E-state index contributed by atoms with van der Waals surface area (Å²) in [6, 6.07) is 8.93. The topological polar surface area (TPSA) is 51.2 Å². The molecule has 4 nitrogen and oxygen atoms in total. The van der Waals surface area contributed by atoms with Crippen molar-refractivity contribution < 1.29 is 9.53 Å². The van der Waals surface area contributed by atoms with Gasteiger partial charge in [0.2, 0.25) is 0 Å². The Labute approximate surface area is 119 Å². The van der Waals surface area contributed by atoms with Gasteiger partial charge in [-0.3, -0.25) is 4.79 Å². The van der Waals surface area contributed by atoms with Crippen molar-refractivity contribution >= 4 is 27.5 Å². The van der Waals surface area contributed by atoms with Crippen molar-refractivity contribution in [1.29, 1.82) is 0 Å². The van der Waals surface area contributed by atoms with Crippen LogP contribution in [0.1, 0.15) is 15.9 Å². The molecule has 1 N–H and O–H groups in total. The summed E-state index contributed by atoms with van der Waals surface area (Å²) in [6.45, 7) is 1.91. The van der Waals surface area contributed by atoms with E-state index in [-0.39, 0.29) is 5.91 Å². The van der Waals surface area contributed by atoms with E-state index in [0.29, 0.717) is 10.2 Å². The lowest BCUT2D eigenvalue weighted by Gasteiger charge is -2.10. The summed E-state index contributed by atoms with van der Waals surface area (Å²) in [5.41, 5.74) is 2.19. The average Bonchev–Trinajstić information content (AvgIpc) is 2.41. The molecule has 0 aliphatic rings. The van der Waals surface area contributed by atoms with Crippen LogP contribution in [0.25, 0.3) is 0 Å². The molecule has 0 saturated carbocycles. The van der Waals surface area contributed by atoms with Crippen LogP contribution in [-0.4, -0.2) is 18.0 Å². The van der Waals surface area contributed by atoms with Gasteiger partial charge in [-0.15, -0.1) is 0 Å². The van der Waals surface area contributed by atoms with Crippen molar-refractivity contribution in [2.45, 2.75) is 6.92 Å². The number of carbonyl (C=O) groups excluding carboxylic acids is 1. The van der Waals surface area contributed by atoms with Crippen molar-refractivity contribution in [3.05, 3.63) is 52.3 Å². The number of nitrogens with zero attached hydrogens (tertiary/aromatic N) is 1. The van der Waals surface area contributed by atoms with Crippen LogP contribution in [0, 0.1) is 6.92 Å². The van der Waals surface area contributed by atoms with Gasteiger partial charge in [0.15, 0.2) is 0 Å². The molecule has 0 saturated heterocycles. The highest BCUT2D eigenvalue weighted by molar-refractivity contribution is 9.10. The van der Waals surface area contributed by atoms with Crippen molar-refractivity contribution in [3.63, 3.8) is 0 Å². The molecule has 0 aliphatic carbocycles. The zero-order valence-corrected chi connectivity index (χ0v) is 12.2. The maximum atomic E-state index is 12.1. The largest absolute Gasteiger partial charge is 0.497 e. The number of rotatable bonds is 3. The number of anilines is 1. The third-order valence-corrected chi connectivity index (χ3v) is 3.32. The van der Waals surface area contributed by atoms with E-state index >= 15 is 0 Å². The first-order valence-electron chi connectivity index (χ1n) is 5.68. The number of ether oxygens (including phenoxy) is 1. The Balaban J connectivity index is 2.22. The summed E-state index contributed by atoms with van der Waals surface area (Å²) in [4.78, 5) is 16.2. The zero-order valence-electron chi connectivity index (χ0n) is 10.6. The Hall–Kier alpha value is -1.88. The van der Waals surface area contributed by atoms with E-state index in [4.69, 9.17) is 4.74 Å². The van der Waals surface area contributed by atoms with E-state index in [1.165, 1.54) is 0 Å². The first kappa shape index (κ1) is 13.5. The fourth-order valence-electron chi connectivity index (χ4n) is 1.65. The molecular formula is C14H13BrN2O2. The number of amides is 1. The van der Waals surface area contributed by atoms with E-state index in [1.807, 2.05) is 19.1 Å². The van der Waals surface area contributed by atoms with E-state index in [9.17, 15) is 4.79 Å². The molecule has 98 valence electrons. The smallest absolute Gasteiger partial charge is 0.258 e. The van der Waals surface area contributed by atoms with Crippen LogP contribution in [0.2, 0.25) is 0 Å². The van der Waals surface area contributed by atoms with Crippen LogP contribution in [0.15, 0.2) is 41.1 Å². The normalized spacial score (nSPS) is 10.1. The predicted octanol–water partition coefficient (Wildman–Crippen LogP) is 3.41. The van der Waals surface area contributed by atoms with Gasteiger partial charge >= 0.3 is 0 Å². The second kappa shape index (κ2) is 5.84. The molecule has 0 fully saturated rings. The molecule has 0 radical (unpaired) electrons. The Bertz CT molecular complexity index is 614. The lowest BCUT2D eigenvalue weighted by atomic mass is 10.1. The van der Waals surface area contributed by atoms with Crippen LogP contribution in [-0.2, 0) is 0 Å². The number of hydrogen-bond acceptors (Lipinski definition) is 3. The number of halogens is 1. The molecule has 5 heteroatoms. The highest BCUT2D eigenvalue weighted by Gasteiger charge is 2.11. The van der Waals surface area contributed by atoms with Crippen molar-refractivity contribution in [2.24, 2.45) is 0 Å².